The quantitative estimate of drug-likeness (QED) is 0.223. The summed E-state index contributed by atoms with van der Waals surface area (Å²) < 4.78 is 34.0. The number of carbonyl (C=O) groups is 2. The Morgan fingerprint density at radius 3 is 2.37 bits per heavy atom. The number of carboxylic acid groups (broad SMARTS) is 1. The molecule has 0 radical (unpaired) electrons. The van der Waals surface area contributed by atoms with Crippen LogP contribution in [0.3, 0.4) is 0 Å². The van der Waals surface area contributed by atoms with Gasteiger partial charge in [0.2, 0.25) is 0 Å². The molecule has 0 rings (SSSR count). The maximum atomic E-state index is 11.3. The van der Waals surface area contributed by atoms with Gasteiger partial charge >= 0.3 is 11.9 Å². The number of carbonyl (C=O) groups excluding carboxylic acids is 1. The molecule has 0 aliphatic rings. The number of rotatable bonds is 8. The summed E-state index contributed by atoms with van der Waals surface area (Å²) in [6.07, 6.45) is 1.51. The highest BCUT2D eigenvalue weighted by Gasteiger charge is 2.09. The third-order valence-electron chi connectivity index (χ3n) is 2.02. The number of esters is 1. The largest absolute Gasteiger partial charge is 0.478 e. The van der Waals surface area contributed by atoms with E-state index in [2.05, 4.69) is 6.58 Å². The summed E-state index contributed by atoms with van der Waals surface area (Å²) >= 11 is 0. The van der Waals surface area contributed by atoms with E-state index in [1.165, 1.54) is 6.92 Å². The number of ether oxygens (including phenoxy) is 1. The van der Waals surface area contributed by atoms with E-state index in [0.717, 1.165) is 6.08 Å². The molecule has 0 heterocycles. The highest BCUT2D eigenvalue weighted by molar-refractivity contribution is 7.85. The van der Waals surface area contributed by atoms with Crippen molar-refractivity contribution < 1.29 is 32.4 Å². The van der Waals surface area contributed by atoms with Gasteiger partial charge in [0.15, 0.2) is 0 Å². The highest BCUT2D eigenvalue weighted by atomic mass is 32.2. The predicted molar refractivity (Wildman–Crippen MR) is 67.1 cm³/mol. The van der Waals surface area contributed by atoms with Crippen LogP contribution in [-0.4, -0.2) is 42.4 Å². The highest BCUT2D eigenvalue weighted by Crippen LogP contribution is 2.04. The fourth-order valence-corrected chi connectivity index (χ4v) is 1.60. The first-order chi connectivity index (χ1) is 8.63. The van der Waals surface area contributed by atoms with Crippen molar-refractivity contribution in [3.63, 3.8) is 0 Å². The molecule has 8 heteroatoms. The van der Waals surface area contributed by atoms with Crippen LogP contribution in [0.1, 0.15) is 19.8 Å². The van der Waals surface area contributed by atoms with Crippen LogP contribution in [0.15, 0.2) is 23.8 Å². The van der Waals surface area contributed by atoms with Crippen molar-refractivity contribution in [2.24, 2.45) is 0 Å². The van der Waals surface area contributed by atoms with Gasteiger partial charge in [0.1, 0.15) is 0 Å². The fraction of sp³-hybridized carbons (Fsp3) is 0.455. The van der Waals surface area contributed by atoms with Gasteiger partial charge in [-0.15, -0.1) is 0 Å². The van der Waals surface area contributed by atoms with Crippen molar-refractivity contribution in [2.45, 2.75) is 19.8 Å². The minimum atomic E-state index is -4.00. The fourth-order valence-electron chi connectivity index (χ4n) is 1.03. The molecule has 0 atom stereocenters. The second-order valence-electron chi connectivity index (χ2n) is 3.79. The molecule has 0 aliphatic carbocycles. The molecule has 0 aromatic carbocycles. The van der Waals surface area contributed by atoms with Gasteiger partial charge in [-0.1, -0.05) is 6.58 Å². The normalized spacial score (nSPS) is 12.0. The van der Waals surface area contributed by atoms with E-state index in [9.17, 15) is 18.0 Å². The Kier molecular flexibility index (Phi) is 7.02. The number of unbranched alkanes of at least 4 members (excludes halogenated alkanes) is 1. The average Bonchev–Trinajstić information content (AvgIpc) is 2.26. The summed E-state index contributed by atoms with van der Waals surface area (Å²) in [4.78, 5) is 21.8. The molecule has 2 N–H and O–H groups in total. The van der Waals surface area contributed by atoms with Crippen molar-refractivity contribution in [1.29, 1.82) is 0 Å². The number of carboxylic acids is 1. The van der Waals surface area contributed by atoms with E-state index in [1.54, 1.807) is 0 Å². The molecular formula is C11H16O7S. The molecule has 0 bridgehead atoms. The van der Waals surface area contributed by atoms with E-state index in [0.29, 0.717) is 0 Å². The molecule has 0 aromatic rings. The van der Waals surface area contributed by atoms with Gasteiger partial charge in [-0.3, -0.25) is 4.55 Å². The second-order valence-corrected chi connectivity index (χ2v) is 5.36. The predicted octanol–water partition coefficient (Wildman–Crippen LogP) is 0.785. The zero-order chi connectivity index (χ0) is 15.1. The van der Waals surface area contributed by atoms with Crippen LogP contribution in [0.2, 0.25) is 0 Å². The lowest BCUT2D eigenvalue weighted by atomic mass is 10.2. The topological polar surface area (TPSA) is 118 Å². The third-order valence-corrected chi connectivity index (χ3v) is 2.82. The van der Waals surface area contributed by atoms with Crippen LogP contribution >= 0.6 is 0 Å². The molecule has 0 spiro atoms. The Morgan fingerprint density at radius 2 is 1.89 bits per heavy atom. The van der Waals surface area contributed by atoms with Gasteiger partial charge in [0.05, 0.1) is 17.9 Å². The van der Waals surface area contributed by atoms with Gasteiger partial charge < -0.3 is 9.84 Å². The zero-order valence-corrected chi connectivity index (χ0v) is 11.3. The SMILES string of the molecule is C=C(C=C(C)C(=O)O)C(=O)OCCCCS(=O)(=O)O. The van der Waals surface area contributed by atoms with Gasteiger partial charge in [-0.05, 0) is 25.8 Å². The molecule has 0 amide bonds. The summed E-state index contributed by atoms with van der Waals surface area (Å²) in [5.74, 6) is -2.33. The zero-order valence-electron chi connectivity index (χ0n) is 10.5. The Labute approximate surface area is 111 Å². The van der Waals surface area contributed by atoms with E-state index in [-0.39, 0.29) is 30.6 Å². The van der Waals surface area contributed by atoms with Gasteiger partial charge in [-0.2, -0.15) is 8.42 Å². The Morgan fingerprint density at radius 1 is 1.32 bits per heavy atom. The number of hydrogen-bond acceptors (Lipinski definition) is 5. The maximum Gasteiger partial charge on any atom is 0.337 e. The van der Waals surface area contributed by atoms with Crippen molar-refractivity contribution in [3.05, 3.63) is 23.8 Å². The molecule has 0 unspecified atom stereocenters. The summed E-state index contributed by atoms with van der Waals surface area (Å²) in [6.45, 7) is 4.64. The molecule has 0 aliphatic heterocycles. The first-order valence-electron chi connectivity index (χ1n) is 5.36. The lowest BCUT2D eigenvalue weighted by Crippen LogP contribution is -2.10. The molecule has 0 fully saturated rings. The van der Waals surface area contributed by atoms with Crippen molar-refractivity contribution in [3.8, 4) is 0 Å². The summed E-state index contributed by atoms with van der Waals surface area (Å²) in [7, 11) is -4.00. The standard InChI is InChI=1S/C11H16O7S/c1-8(10(12)13)7-9(2)11(14)18-5-3-4-6-19(15,16)17/h7H,2-6H2,1H3,(H,12,13)(H,15,16,17). The van der Waals surface area contributed by atoms with Crippen LogP contribution in [0.5, 0.6) is 0 Å². The van der Waals surface area contributed by atoms with Crippen molar-refractivity contribution in [1.82, 2.24) is 0 Å². The van der Waals surface area contributed by atoms with Gasteiger partial charge in [0, 0.05) is 5.57 Å². The molecule has 0 saturated heterocycles. The molecular weight excluding hydrogens is 276 g/mol. The molecule has 19 heavy (non-hydrogen) atoms. The molecule has 0 saturated carbocycles. The Bertz CT molecular complexity index is 487. The lowest BCUT2D eigenvalue weighted by Gasteiger charge is -2.04. The average molecular weight is 292 g/mol. The number of hydrogen-bond donors (Lipinski definition) is 2. The first kappa shape index (κ1) is 17.3. The maximum absolute atomic E-state index is 11.3. The Balaban J connectivity index is 4.03. The van der Waals surface area contributed by atoms with E-state index in [1.807, 2.05) is 0 Å². The number of aliphatic carboxylic acids is 1. The third kappa shape index (κ3) is 8.97. The lowest BCUT2D eigenvalue weighted by molar-refractivity contribution is -0.138. The van der Waals surface area contributed by atoms with Crippen molar-refractivity contribution in [2.75, 3.05) is 12.4 Å². The Hall–Kier alpha value is -1.67. The monoisotopic (exact) mass is 292 g/mol. The summed E-state index contributed by atoms with van der Waals surface area (Å²) in [5, 5.41) is 8.59. The first-order valence-corrected chi connectivity index (χ1v) is 6.97. The van der Waals surface area contributed by atoms with Crippen LogP contribution < -0.4 is 0 Å². The smallest absolute Gasteiger partial charge is 0.337 e. The summed E-state index contributed by atoms with van der Waals surface area (Å²) in [5.41, 5.74) is -0.150. The van der Waals surface area contributed by atoms with E-state index in [4.69, 9.17) is 14.4 Å². The molecule has 7 nitrogen and oxygen atoms in total. The van der Waals surface area contributed by atoms with Gasteiger partial charge in [-0.25, -0.2) is 9.59 Å². The summed E-state index contributed by atoms with van der Waals surface area (Å²) in [6, 6.07) is 0. The van der Waals surface area contributed by atoms with Crippen molar-refractivity contribution >= 4 is 22.1 Å². The minimum absolute atomic E-state index is 0.0344. The van der Waals surface area contributed by atoms with E-state index >= 15 is 0 Å². The molecule has 108 valence electrons. The van der Waals surface area contributed by atoms with Crippen LogP contribution in [0.25, 0.3) is 0 Å². The van der Waals surface area contributed by atoms with Crippen LogP contribution in [0, 0.1) is 0 Å². The van der Waals surface area contributed by atoms with Crippen LogP contribution in [0.4, 0.5) is 0 Å². The second kappa shape index (κ2) is 7.70. The molecule has 0 aromatic heterocycles. The van der Waals surface area contributed by atoms with E-state index < -0.39 is 27.8 Å². The van der Waals surface area contributed by atoms with Gasteiger partial charge in [0.25, 0.3) is 10.1 Å². The minimum Gasteiger partial charge on any atom is -0.478 e. The van der Waals surface area contributed by atoms with Crippen LogP contribution in [-0.2, 0) is 24.4 Å².